The molecule has 1 aromatic heterocycles. The molecule has 0 unspecified atom stereocenters. The second-order valence-electron chi connectivity index (χ2n) is 5.89. The Kier molecular flexibility index (Phi) is 4.73. The van der Waals surface area contributed by atoms with Gasteiger partial charge in [0.05, 0.1) is 0 Å². The van der Waals surface area contributed by atoms with E-state index in [1.807, 2.05) is 6.07 Å². The Balaban J connectivity index is 1.43. The van der Waals surface area contributed by atoms with Crippen LogP contribution in [0.25, 0.3) is 0 Å². The molecule has 5 heteroatoms. The zero-order valence-electron chi connectivity index (χ0n) is 11.9. The zero-order valence-corrected chi connectivity index (χ0v) is 12.7. The summed E-state index contributed by atoms with van der Waals surface area (Å²) in [6.45, 7) is 4.67. The predicted molar refractivity (Wildman–Crippen MR) is 82.4 cm³/mol. The SMILES string of the molecule is Clc1cc(NCCCN2CCCCC2)nc(C2CC2)n1. The summed E-state index contributed by atoms with van der Waals surface area (Å²) < 4.78 is 0. The monoisotopic (exact) mass is 294 g/mol. The van der Waals surface area contributed by atoms with Crippen LogP contribution in [0.4, 0.5) is 5.82 Å². The predicted octanol–water partition coefficient (Wildman–Crippen LogP) is 3.30. The van der Waals surface area contributed by atoms with Crippen molar-refractivity contribution in [2.24, 2.45) is 0 Å². The number of hydrogen-bond acceptors (Lipinski definition) is 4. The summed E-state index contributed by atoms with van der Waals surface area (Å²) in [4.78, 5) is 11.4. The molecule has 2 aliphatic rings. The summed E-state index contributed by atoms with van der Waals surface area (Å²) in [5.74, 6) is 2.34. The minimum Gasteiger partial charge on any atom is -0.370 e. The van der Waals surface area contributed by atoms with E-state index in [-0.39, 0.29) is 0 Å². The van der Waals surface area contributed by atoms with Crippen LogP contribution in [0, 0.1) is 0 Å². The minimum absolute atomic E-state index is 0.544. The average molecular weight is 295 g/mol. The highest BCUT2D eigenvalue weighted by atomic mass is 35.5. The number of nitrogens with one attached hydrogen (secondary N) is 1. The maximum Gasteiger partial charge on any atom is 0.135 e. The highest BCUT2D eigenvalue weighted by Crippen LogP contribution is 2.38. The lowest BCUT2D eigenvalue weighted by Crippen LogP contribution is -2.31. The molecule has 0 aromatic carbocycles. The molecule has 20 heavy (non-hydrogen) atoms. The first-order valence-corrected chi connectivity index (χ1v) is 8.20. The molecule has 0 bridgehead atoms. The van der Waals surface area contributed by atoms with Gasteiger partial charge in [-0.25, -0.2) is 9.97 Å². The molecule has 1 aliphatic heterocycles. The minimum atomic E-state index is 0.544. The lowest BCUT2D eigenvalue weighted by molar-refractivity contribution is 0.228. The molecule has 0 amide bonds. The molecule has 0 spiro atoms. The highest BCUT2D eigenvalue weighted by Gasteiger charge is 2.27. The van der Waals surface area contributed by atoms with Crippen LogP contribution < -0.4 is 5.32 Å². The van der Waals surface area contributed by atoms with Crippen LogP contribution in [0.1, 0.15) is 50.3 Å². The molecule has 1 saturated carbocycles. The molecule has 1 saturated heterocycles. The fourth-order valence-corrected chi connectivity index (χ4v) is 2.94. The van der Waals surface area contributed by atoms with Crippen LogP contribution in [0.2, 0.25) is 5.15 Å². The number of aromatic nitrogens is 2. The van der Waals surface area contributed by atoms with Gasteiger partial charge in [-0.15, -0.1) is 0 Å². The normalized spacial score (nSPS) is 20.1. The van der Waals surface area contributed by atoms with E-state index in [1.54, 1.807) is 0 Å². The van der Waals surface area contributed by atoms with Crippen LogP contribution in [-0.2, 0) is 0 Å². The third-order valence-corrected chi connectivity index (χ3v) is 4.25. The number of piperidine rings is 1. The molecule has 0 radical (unpaired) electrons. The third kappa shape index (κ3) is 4.06. The first-order valence-electron chi connectivity index (χ1n) is 7.82. The van der Waals surface area contributed by atoms with Crippen molar-refractivity contribution >= 4 is 17.4 Å². The van der Waals surface area contributed by atoms with Crippen LogP contribution in [0.3, 0.4) is 0 Å². The fraction of sp³-hybridized carbons (Fsp3) is 0.733. The summed E-state index contributed by atoms with van der Waals surface area (Å²) in [6.07, 6.45) is 7.68. The fourth-order valence-electron chi connectivity index (χ4n) is 2.75. The molecule has 1 aliphatic carbocycles. The molecule has 1 aromatic rings. The van der Waals surface area contributed by atoms with E-state index < -0.39 is 0 Å². The first-order chi connectivity index (χ1) is 9.81. The van der Waals surface area contributed by atoms with E-state index >= 15 is 0 Å². The van der Waals surface area contributed by atoms with Gasteiger partial charge in [-0.2, -0.15) is 0 Å². The van der Waals surface area contributed by atoms with Gasteiger partial charge in [0.2, 0.25) is 0 Å². The van der Waals surface area contributed by atoms with Crippen LogP contribution in [-0.4, -0.2) is 41.0 Å². The van der Waals surface area contributed by atoms with E-state index in [1.165, 1.54) is 51.7 Å². The van der Waals surface area contributed by atoms with Gasteiger partial charge in [-0.3, -0.25) is 0 Å². The van der Waals surface area contributed by atoms with E-state index in [4.69, 9.17) is 11.6 Å². The van der Waals surface area contributed by atoms with Crippen molar-refractivity contribution in [2.45, 2.75) is 44.4 Å². The van der Waals surface area contributed by atoms with Gasteiger partial charge in [0, 0.05) is 18.5 Å². The van der Waals surface area contributed by atoms with Crippen molar-refractivity contribution < 1.29 is 0 Å². The third-order valence-electron chi connectivity index (χ3n) is 4.06. The standard InChI is InChI=1S/C15H23ClN4/c16-13-11-14(19-15(18-13)12-5-6-12)17-7-4-10-20-8-2-1-3-9-20/h11-12H,1-10H2,(H,17,18,19). The molecular formula is C15H23ClN4. The Morgan fingerprint density at radius 1 is 1.20 bits per heavy atom. The van der Waals surface area contributed by atoms with Crippen molar-refractivity contribution in [3.05, 3.63) is 17.0 Å². The van der Waals surface area contributed by atoms with Crippen molar-refractivity contribution in [1.82, 2.24) is 14.9 Å². The summed E-state index contributed by atoms with van der Waals surface area (Å²) in [5, 5.41) is 3.94. The maximum atomic E-state index is 6.06. The number of nitrogens with zero attached hydrogens (tertiary/aromatic N) is 3. The van der Waals surface area contributed by atoms with Gasteiger partial charge in [0.1, 0.15) is 16.8 Å². The molecular weight excluding hydrogens is 272 g/mol. The average Bonchev–Trinajstić information content (AvgIpc) is 3.29. The molecule has 0 atom stereocenters. The van der Waals surface area contributed by atoms with Gasteiger partial charge in [-0.1, -0.05) is 18.0 Å². The van der Waals surface area contributed by atoms with Crippen LogP contribution >= 0.6 is 11.6 Å². The molecule has 1 N–H and O–H groups in total. The second-order valence-corrected chi connectivity index (χ2v) is 6.28. The van der Waals surface area contributed by atoms with Gasteiger partial charge in [0.15, 0.2) is 0 Å². The summed E-state index contributed by atoms with van der Waals surface area (Å²) in [6, 6.07) is 1.83. The molecule has 2 heterocycles. The second kappa shape index (κ2) is 6.72. The van der Waals surface area contributed by atoms with Gasteiger partial charge >= 0.3 is 0 Å². The van der Waals surface area contributed by atoms with Gasteiger partial charge in [0.25, 0.3) is 0 Å². The number of hydrogen-bond donors (Lipinski definition) is 1. The van der Waals surface area contributed by atoms with Crippen molar-refractivity contribution in [1.29, 1.82) is 0 Å². The number of rotatable bonds is 6. The Morgan fingerprint density at radius 3 is 2.75 bits per heavy atom. The summed E-state index contributed by atoms with van der Waals surface area (Å²) in [5.41, 5.74) is 0. The zero-order chi connectivity index (χ0) is 13.8. The van der Waals surface area contributed by atoms with E-state index in [9.17, 15) is 0 Å². The summed E-state index contributed by atoms with van der Waals surface area (Å²) >= 11 is 6.06. The summed E-state index contributed by atoms with van der Waals surface area (Å²) in [7, 11) is 0. The maximum absolute atomic E-state index is 6.06. The topological polar surface area (TPSA) is 41.0 Å². The van der Waals surface area contributed by atoms with Crippen molar-refractivity contribution in [2.75, 3.05) is 31.5 Å². The lowest BCUT2D eigenvalue weighted by Gasteiger charge is -2.26. The van der Waals surface area contributed by atoms with Crippen LogP contribution in [0.5, 0.6) is 0 Å². The number of halogens is 1. The van der Waals surface area contributed by atoms with E-state index in [0.29, 0.717) is 11.1 Å². The Labute approximate surface area is 125 Å². The van der Waals surface area contributed by atoms with Crippen molar-refractivity contribution in [3.8, 4) is 0 Å². The molecule has 4 nitrogen and oxygen atoms in total. The largest absolute Gasteiger partial charge is 0.370 e. The quantitative estimate of drug-likeness (QED) is 0.646. The molecule has 2 fully saturated rings. The Morgan fingerprint density at radius 2 is 2.00 bits per heavy atom. The van der Waals surface area contributed by atoms with E-state index in [2.05, 4.69) is 20.2 Å². The Hall–Kier alpha value is -0.870. The molecule has 3 rings (SSSR count). The smallest absolute Gasteiger partial charge is 0.135 e. The van der Waals surface area contributed by atoms with Crippen LogP contribution in [0.15, 0.2) is 6.07 Å². The number of likely N-dealkylation sites (tertiary alicyclic amines) is 1. The van der Waals surface area contributed by atoms with Gasteiger partial charge in [-0.05, 0) is 51.7 Å². The van der Waals surface area contributed by atoms with Crippen molar-refractivity contribution in [3.63, 3.8) is 0 Å². The Bertz CT molecular complexity index is 441. The first kappa shape index (κ1) is 14.1. The molecule has 110 valence electrons. The number of anilines is 1. The highest BCUT2D eigenvalue weighted by molar-refractivity contribution is 6.29. The van der Waals surface area contributed by atoms with E-state index in [0.717, 1.165) is 24.6 Å². The lowest BCUT2D eigenvalue weighted by atomic mass is 10.1. The van der Waals surface area contributed by atoms with Gasteiger partial charge < -0.3 is 10.2 Å².